The normalized spacial score (nSPS) is 10.8. The van der Waals surface area contributed by atoms with E-state index in [1.165, 1.54) is 13.2 Å². The molecule has 4 aromatic rings. The molecule has 1 aromatic heterocycles. The van der Waals surface area contributed by atoms with Gasteiger partial charge in [0.05, 0.1) is 7.11 Å². The Bertz CT molecular complexity index is 1190. The van der Waals surface area contributed by atoms with Crippen molar-refractivity contribution in [1.82, 2.24) is 0 Å². The molecule has 0 bridgehead atoms. The minimum atomic E-state index is -0.691. The second-order valence-corrected chi connectivity index (χ2v) is 5.83. The third-order valence-corrected chi connectivity index (χ3v) is 4.23. The van der Waals surface area contributed by atoms with Crippen LogP contribution in [0.15, 0.2) is 75.9 Å². The molecule has 0 unspecified atom stereocenters. The van der Waals surface area contributed by atoms with E-state index in [9.17, 15) is 9.59 Å². The summed E-state index contributed by atoms with van der Waals surface area (Å²) in [7, 11) is 1.53. The summed E-state index contributed by atoms with van der Waals surface area (Å²) in [6.07, 6.45) is 0. The van der Waals surface area contributed by atoms with Gasteiger partial charge in [0.2, 0.25) is 0 Å². The highest BCUT2D eigenvalue weighted by Crippen LogP contribution is 2.24. The van der Waals surface area contributed by atoms with Crippen molar-refractivity contribution >= 4 is 33.3 Å². The largest absolute Gasteiger partial charge is 0.497 e. The minimum absolute atomic E-state index is 0.0457. The molecule has 1 amide bonds. The molecule has 128 valence electrons. The number of carbonyl (C=O) groups excluding carboxylic acids is 1. The average Bonchev–Trinajstić information content (AvgIpc) is 2.67. The molecule has 4 rings (SSSR count). The zero-order valence-electron chi connectivity index (χ0n) is 14.0. The molecule has 0 aliphatic heterocycles. The molecule has 1 N–H and O–H groups in total. The Hall–Kier alpha value is -3.60. The van der Waals surface area contributed by atoms with Crippen molar-refractivity contribution in [3.63, 3.8) is 0 Å². The van der Waals surface area contributed by atoms with E-state index in [4.69, 9.17) is 9.15 Å². The van der Waals surface area contributed by atoms with Crippen LogP contribution in [0.5, 0.6) is 5.75 Å². The summed E-state index contributed by atoms with van der Waals surface area (Å²) in [4.78, 5) is 24.9. The Kier molecular flexibility index (Phi) is 3.89. The van der Waals surface area contributed by atoms with Gasteiger partial charge in [-0.3, -0.25) is 4.79 Å². The summed E-state index contributed by atoms with van der Waals surface area (Å²) in [5.74, 6) is 0.0708. The van der Waals surface area contributed by atoms with E-state index in [0.717, 1.165) is 10.8 Å². The van der Waals surface area contributed by atoms with Crippen LogP contribution in [0.3, 0.4) is 0 Å². The van der Waals surface area contributed by atoms with Gasteiger partial charge in [-0.1, -0.05) is 36.4 Å². The third-order valence-electron chi connectivity index (χ3n) is 4.23. The van der Waals surface area contributed by atoms with Crippen LogP contribution in [0.4, 0.5) is 5.69 Å². The quantitative estimate of drug-likeness (QED) is 0.565. The maximum Gasteiger partial charge on any atom is 0.349 e. The van der Waals surface area contributed by atoms with Crippen molar-refractivity contribution in [2.75, 3.05) is 12.4 Å². The number of benzene rings is 3. The topological polar surface area (TPSA) is 68.5 Å². The van der Waals surface area contributed by atoms with E-state index in [0.29, 0.717) is 22.4 Å². The minimum Gasteiger partial charge on any atom is -0.497 e. The molecule has 0 atom stereocenters. The SMILES string of the molecule is COc1ccc2cc(C(=O)Nc3cccc4ccccc34)c(=O)oc2c1. The van der Waals surface area contributed by atoms with Crippen LogP contribution in [-0.4, -0.2) is 13.0 Å². The van der Waals surface area contributed by atoms with Crippen LogP contribution in [0.2, 0.25) is 0 Å². The van der Waals surface area contributed by atoms with E-state index in [2.05, 4.69) is 5.32 Å². The lowest BCUT2D eigenvalue weighted by atomic mass is 10.1. The van der Waals surface area contributed by atoms with Crippen LogP contribution in [0.1, 0.15) is 10.4 Å². The van der Waals surface area contributed by atoms with Crippen LogP contribution in [0, 0.1) is 0 Å². The zero-order chi connectivity index (χ0) is 18.1. The van der Waals surface area contributed by atoms with Gasteiger partial charge in [-0.2, -0.15) is 0 Å². The Morgan fingerprint density at radius 3 is 2.62 bits per heavy atom. The Balaban J connectivity index is 1.74. The number of anilines is 1. The van der Waals surface area contributed by atoms with Crippen molar-refractivity contribution in [3.8, 4) is 5.75 Å². The van der Waals surface area contributed by atoms with E-state index in [1.54, 1.807) is 24.3 Å². The van der Waals surface area contributed by atoms with Gasteiger partial charge in [0.1, 0.15) is 16.9 Å². The Morgan fingerprint density at radius 1 is 0.962 bits per heavy atom. The summed E-state index contributed by atoms with van der Waals surface area (Å²) >= 11 is 0. The first-order chi connectivity index (χ1) is 12.7. The molecule has 26 heavy (non-hydrogen) atoms. The number of amides is 1. The van der Waals surface area contributed by atoms with Gasteiger partial charge in [0, 0.05) is 22.5 Å². The van der Waals surface area contributed by atoms with Crippen LogP contribution in [-0.2, 0) is 0 Å². The monoisotopic (exact) mass is 345 g/mol. The van der Waals surface area contributed by atoms with Crippen molar-refractivity contribution in [1.29, 1.82) is 0 Å². The van der Waals surface area contributed by atoms with Gasteiger partial charge in [-0.25, -0.2) is 4.79 Å². The van der Waals surface area contributed by atoms with E-state index >= 15 is 0 Å². The number of rotatable bonds is 3. The van der Waals surface area contributed by atoms with Gasteiger partial charge < -0.3 is 14.5 Å². The standard InChI is InChI=1S/C21H15NO4/c1-25-15-10-9-14-11-17(21(24)26-19(14)12-15)20(23)22-18-8-4-6-13-5-2-3-7-16(13)18/h2-12H,1H3,(H,22,23). The molecule has 0 aliphatic carbocycles. The molecule has 0 radical (unpaired) electrons. The molecular weight excluding hydrogens is 330 g/mol. The second kappa shape index (κ2) is 6.37. The van der Waals surface area contributed by atoms with E-state index < -0.39 is 11.5 Å². The predicted octanol–water partition coefficient (Wildman–Crippen LogP) is 4.21. The molecule has 0 saturated heterocycles. The fourth-order valence-corrected chi connectivity index (χ4v) is 2.90. The predicted molar refractivity (Wildman–Crippen MR) is 101 cm³/mol. The lowest BCUT2D eigenvalue weighted by Gasteiger charge is -2.09. The maximum atomic E-state index is 12.6. The molecule has 0 saturated carbocycles. The van der Waals surface area contributed by atoms with Crippen molar-refractivity contribution in [2.45, 2.75) is 0 Å². The molecule has 3 aromatic carbocycles. The molecule has 5 nitrogen and oxygen atoms in total. The van der Waals surface area contributed by atoms with Gasteiger partial charge in [0.15, 0.2) is 0 Å². The number of carbonyl (C=O) groups is 1. The third kappa shape index (κ3) is 2.80. The maximum absolute atomic E-state index is 12.6. The van der Waals surface area contributed by atoms with E-state index in [1.807, 2.05) is 36.4 Å². The van der Waals surface area contributed by atoms with E-state index in [-0.39, 0.29) is 5.56 Å². The lowest BCUT2D eigenvalue weighted by Crippen LogP contribution is -2.20. The molecule has 1 heterocycles. The first-order valence-electron chi connectivity index (χ1n) is 8.07. The number of hydrogen-bond acceptors (Lipinski definition) is 4. The lowest BCUT2D eigenvalue weighted by molar-refractivity contribution is 0.102. The molecule has 0 fully saturated rings. The number of methoxy groups -OCH3 is 1. The summed E-state index contributed by atoms with van der Waals surface area (Å²) < 4.78 is 10.4. The number of ether oxygens (including phenoxy) is 1. The van der Waals surface area contributed by atoms with Gasteiger partial charge in [-0.05, 0) is 29.7 Å². The highest BCUT2D eigenvalue weighted by atomic mass is 16.5. The summed E-state index contributed by atoms with van der Waals surface area (Å²) in [6, 6.07) is 20.0. The van der Waals surface area contributed by atoms with Crippen LogP contribution < -0.4 is 15.7 Å². The van der Waals surface area contributed by atoms with Gasteiger partial charge >= 0.3 is 5.63 Å². The Labute approximate surface area is 148 Å². The summed E-state index contributed by atoms with van der Waals surface area (Å²) in [5, 5.41) is 5.36. The molecule has 5 heteroatoms. The highest BCUT2D eigenvalue weighted by Gasteiger charge is 2.15. The number of hydrogen-bond donors (Lipinski definition) is 1. The van der Waals surface area contributed by atoms with Crippen LogP contribution >= 0.6 is 0 Å². The number of fused-ring (bicyclic) bond motifs is 2. The van der Waals surface area contributed by atoms with Crippen molar-refractivity contribution in [2.24, 2.45) is 0 Å². The highest BCUT2D eigenvalue weighted by molar-refractivity contribution is 6.09. The van der Waals surface area contributed by atoms with Crippen molar-refractivity contribution < 1.29 is 13.9 Å². The first-order valence-corrected chi connectivity index (χ1v) is 8.07. The fourth-order valence-electron chi connectivity index (χ4n) is 2.90. The molecular formula is C21H15NO4. The molecule has 0 aliphatic rings. The van der Waals surface area contributed by atoms with Gasteiger partial charge in [0.25, 0.3) is 5.91 Å². The smallest absolute Gasteiger partial charge is 0.349 e. The summed E-state index contributed by atoms with van der Waals surface area (Å²) in [6.45, 7) is 0. The van der Waals surface area contributed by atoms with Crippen molar-refractivity contribution in [3.05, 3.63) is 82.7 Å². The first kappa shape index (κ1) is 15.9. The second-order valence-electron chi connectivity index (χ2n) is 5.83. The average molecular weight is 345 g/mol. The van der Waals surface area contributed by atoms with Gasteiger partial charge in [-0.15, -0.1) is 0 Å². The van der Waals surface area contributed by atoms with Crippen LogP contribution in [0.25, 0.3) is 21.7 Å². The Morgan fingerprint density at radius 2 is 1.77 bits per heavy atom. The number of nitrogens with one attached hydrogen (secondary N) is 1. The summed E-state index contributed by atoms with van der Waals surface area (Å²) in [5.41, 5.74) is 0.275. The molecule has 0 spiro atoms. The zero-order valence-corrected chi connectivity index (χ0v) is 14.0. The fraction of sp³-hybridized carbons (Fsp3) is 0.0476.